The fraction of sp³-hybridized carbons (Fsp3) is 0.583. The van der Waals surface area contributed by atoms with Crippen molar-refractivity contribution < 1.29 is 9.90 Å². The molecular weight excluding hydrogens is 204 g/mol. The van der Waals surface area contributed by atoms with Crippen molar-refractivity contribution in [2.24, 2.45) is 11.8 Å². The van der Waals surface area contributed by atoms with Gasteiger partial charge in [-0.25, -0.2) is 9.97 Å². The van der Waals surface area contributed by atoms with Gasteiger partial charge >= 0.3 is 5.97 Å². The third-order valence-electron chi connectivity index (χ3n) is 3.33. The Morgan fingerprint density at radius 1 is 1.25 bits per heavy atom. The van der Waals surface area contributed by atoms with Gasteiger partial charge in [0.25, 0.3) is 0 Å². The largest absolute Gasteiger partial charge is 0.481 e. The maximum atomic E-state index is 10.8. The molecule has 1 aliphatic rings. The molecule has 0 saturated heterocycles. The van der Waals surface area contributed by atoms with Crippen molar-refractivity contribution in [3.8, 4) is 0 Å². The highest BCUT2D eigenvalue weighted by Gasteiger charge is 2.25. The summed E-state index contributed by atoms with van der Waals surface area (Å²) in [5, 5.41) is 8.89. The van der Waals surface area contributed by atoms with Crippen molar-refractivity contribution in [2.75, 3.05) is 0 Å². The molecule has 1 heterocycles. The summed E-state index contributed by atoms with van der Waals surface area (Å²) in [6, 6.07) is 0. The molecule has 0 bridgehead atoms. The average molecular weight is 220 g/mol. The molecule has 0 unspecified atom stereocenters. The maximum absolute atomic E-state index is 10.8. The molecule has 1 N–H and O–H groups in total. The van der Waals surface area contributed by atoms with Crippen LogP contribution in [0.2, 0.25) is 0 Å². The average Bonchev–Trinajstić information content (AvgIpc) is 2.31. The van der Waals surface area contributed by atoms with Crippen molar-refractivity contribution in [1.29, 1.82) is 0 Å². The summed E-state index contributed by atoms with van der Waals surface area (Å²) in [5.74, 6) is -0.161. The molecule has 4 heteroatoms. The quantitative estimate of drug-likeness (QED) is 0.845. The summed E-state index contributed by atoms with van der Waals surface area (Å²) >= 11 is 0. The van der Waals surface area contributed by atoms with Gasteiger partial charge in [-0.15, -0.1) is 0 Å². The summed E-state index contributed by atoms with van der Waals surface area (Å²) in [6.07, 6.45) is 9.84. The third kappa shape index (κ3) is 2.78. The van der Waals surface area contributed by atoms with Gasteiger partial charge in [-0.2, -0.15) is 0 Å². The number of carboxylic acid groups (broad SMARTS) is 1. The summed E-state index contributed by atoms with van der Waals surface area (Å²) < 4.78 is 0. The number of aliphatic carboxylic acids is 1. The van der Waals surface area contributed by atoms with E-state index in [2.05, 4.69) is 9.97 Å². The molecule has 0 radical (unpaired) electrons. The van der Waals surface area contributed by atoms with Crippen molar-refractivity contribution in [1.82, 2.24) is 9.97 Å². The number of hydrogen-bond donors (Lipinski definition) is 1. The fourth-order valence-electron chi connectivity index (χ4n) is 2.38. The minimum absolute atomic E-state index is 0.122. The third-order valence-corrected chi connectivity index (χ3v) is 3.33. The molecule has 86 valence electrons. The van der Waals surface area contributed by atoms with E-state index in [9.17, 15) is 4.79 Å². The van der Waals surface area contributed by atoms with Crippen molar-refractivity contribution in [3.05, 3.63) is 24.3 Å². The van der Waals surface area contributed by atoms with Gasteiger partial charge < -0.3 is 5.11 Å². The van der Waals surface area contributed by atoms with Gasteiger partial charge in [0.2, 0.25) is 0 Å². The van der Waals surface area contributed by atoms with E-state index in [1.165, 1.54) is 6.33 Å². The first-order valence-electron chi connectivity index (χ1n) is 5.72. The standard InChI is InChI=1S/C12H16N2O2/c15-12(16)11-3-1-9(2-4-11)5-10-6-13-8-14-7-10/h6-9,11H,1-5H2,(H,15,16)/t9-,11-. The molecule has 1 aromatic rings. The Bertz CT molecular complexity index is 345. The van der Waals surface area contributed by atoms with E-state index in [1.807, 2.05) is 12.4 Å². The van der Waals surface area contributed by atoms with Crippen LogP contribution in [-0.2, 0) is 11.2 Å². The molecule has 4 nitrogen and oxygen atoms in total. The van der Waals surface area contributed by atoms with Crippen LogP contribution in [0.4, 0.5) is 0 Å². The highest BCUT2D eigenvalue weighted by Crippen LogP contribution is 2.30. The smallest absolute Gasteiger partial charge is 0.306 e. The van der Waals surface area contributed by atoms with Crippen LogP contribution < -0.4 is 0 Å². The van der Waals surface area contributed by atoms with Gasteiger partial charge in [-0.3, -0.25) is 4.79 Å². The summed E-state index contributed by atoms with van der Waals surface area (Å²) in [4.78, 5) is 18.8. The molecule has 0 aliphatic heterocycles. The summed E-state index contributed by atoms with van der Waals surface area (Å²) in [5.41, 5.74) is 1.15. The Balaban J connectivity index is 1.84. The zero-order chi connectivity index (χ0) is 11.4. The van der Waals surface area contributed by atoms with Crippen LogP contribution in [0.15, 0.2) is 18.7 Å². The van der Waals surface area contributed by atoms with E-state index < -0.39 is 5.97 Å². The molecule has 1 aromatic heterocycles. The molecule has 1 aliphatic carbocycles. The first kappa shape index (κ1) is 11.0. The van der Waals surface area contributed by atoms with Gasteiger partial charge in [0, 0.05) is 12.4 Å². The van der Waals surface area contributed by atoms with Crippen molar-refractivity contribution >= 4 is 5.97 Å². The lowest BCUT2D eigenvalue weighted by molar-refractivity contribution is -0.143. The second kappa shape index (κ2) is 5.05. The Hall–Kier alpha value is -1.45. The van der Waals surface area contributed by atoms with E-state index in [-0.39, 0.29) is 5.92 Å². The second-order valence-electron chi connectivity index (χ2n) is 4.51. The number of carbonyl (C=O) groups is 1. The number of carboxylic acids is 1. The highest BCUT2D eigenvalue weighted by molar-refractivity contribution is 5.69. The van der Waals surface area contributed by atoms with Crippen LogP contribution >= 0.6 is 0 Å². The van der Waals surface area contributed by atoms with Crippen molar-refractivity contribution in [3.63, 3.8) is 0 Å². The minimum atomic E-state index is -0.638. The topological polar surface area (TPSA) is 63.1 Å². The van der Waals surface area contributed by atoms with Gasteiger partial charge in [0.15, 0.2) is 0 Å². The Labute approximate surface area is 94.7 Å². The molecule has 0 aromatic carbocycles. The first-order chi connectivity index (χ1) is 7.75. The molecule has 1 saturated carbocycles. The number of rotatable bonds is 3. The zero-order valence-corrected chi connectivity index (χ0v) is 9.17. The lowest BCUT2D eigenvalue weighted by atomic mass is 9.79. The van der Waals surface area contributed by atoms with Gasteiger partial charge in [-0.05, 0) is 43.6 Å². The maximum Gasteiger partial charge on any atom is 0.306 e. The van der Waals surface area contributed by atoms with Crippen molar-refractivity contribution in [2.45, 2.75) is 32.1 Å². The normalized spacial score (nSPS) is 25.2. The highest BCUT2D eigenvalue weighted by atomic mass is 16.4. The monoisotopic (exact) mass is 220 g/mol. The molecule has 0 atom stereocenters. The van der Waals surface area contributed by atoms with E-state index >= 15 is 0 Å². The van der Waals surface area contributed by atoms with Crippen LogP contribution in [0.3, 0.4) is 0 Å². The van der Waals surface area contributed by atoms with Gasteiger partial charge in [0.05, 0.1) is 5.92 Å². The van der Waals surface area contributed by atoms with Crippen LogP contribution in [0, 0.1) is 11.8 Å². The predicted molar refractivity (Wildman–Crippen MR) is 58.8 cm³/mol. The Kier molecular flexibility index (Phi) is 3.49. The van der Waals surface area contributed by atoms with E-state index in [4.69, 9.17) is 5.11 Å². The second-order valence-corrected chi connectivity index (χ2v) is 4.51. The minimum Gasteiger partial charge on any atom is -0.481 e. The molecule has 0 amide bonds. The van der Waals surface area contributed by atoms with Gasteiger partial charge in [0.1, 0.15) is 6.33 Å². The molecule has 1 fully saturated rings. The van der Waals surface area contributed by atoms with Crippen LogP contribution in [0.1, 0.15) is 31.2 Å². The molecule has 0 spiro atoms. The summed E-state index contributed by atoms with van der Waals surface area (Å²) in [7, 11) is 0. The van der Waals surface area contributed by atoms with E-state index in [0.717, 1.165) is 37.7 Å². The fourth-order valence-corrected chi connectivity index (χ4v) is 2.38. The lowest BCUT2D eigenvalue weighted by Gasteiger charge is -2.25. The Morgan fingerprint density at radius 2 is 1.88 bits per heavy atom. The number of nitrogens with zero attached hydrogens (tertiary/aromatic N) is 2. The lowest BCUT2D eigenvalue weighted by Crippen LogP contribution is -2.22. The zero-order valence-electron chi connectivity index (χ0n) is 9.17. The predicted octanol–water partition coefficient (Wildman–Crippen LogP) is 1.91. The SMILES string of the molecule is O=C(O)[C@H]1CC[C@H](Cc2cncnc2)CC1. The summed E-state index contributed by atoms with van der Waals surface area (Å²) in [6.45, 7) is 0. The van der Waals surface area contributed by atoms with Crippen LogP contribution in [0.5, 0.6) is 0 Å². The number of aromatic nitrogens is 2. The number of hydrogen-bond acceptors (Lipinski definition) is 3. The van der Waals surface area contributed by atoms with Crippen LogP contribution in [-0.4, -0.2) is 21.0 Å². The van der Waals surface area contributed by atoms with E-state index in [1.54, 1.807) is 0 Å². The molecular formula is C12H16N2O2. The Morgan fingerprint density at radius 3 is 2.44 bits per heavy atom. The van der Waals surface area contributed by atoms with Gasteiger partial charge in [-0.1, -0.05) is 0 Å². The van der Waals surface area contributed by atoms with Crippen LogP contribution in [0.25, 0.3) is 0 Å². The molecule has 16 heavy (non-hydrogen) atoms. The molecule has 2 rings (SSSR count). The van der Waals surface area contributed by atoms with E-state index in [0.29, 0.717) is 5.92 Å². The first-order valence-corrected chi connectivity index (χ1v) is 5.72.